The Morgan fingerprint density at radius 2 is 2.04 bits per heavy atom. The van der Waals surface area contributed by atoms with Crippen molar-refractivity contribution in [2.75, 3.05) is 6.54 Å². The van der Waals surface area contributed by atoms with Gasteiger partial charge in [0.25, 0.3) is 5.91 Å². The van der Waals surface area contributed by atoms with E-state index >= 15 is 0 Å². The summed E-state index contributed by atoms with van der Waals surface area (Å²) in [5.74, 6) is 0.274. The van der Waals surface area contributed by atoms with Gasteiger partial charge in [-0.25, -0.2) is 4.39 Å². The molecule has 0 radical (unpaired) electrons. The van der Waals surface area contributed by atoms with Crippen LogP contribution in [0.2, 0.25) is 0 Å². The van der Waals surface area contributed by atoms with Crippen LogP contribution in [0.25, 0.3) is 0 Å². The lowest BCUT2D eigenvalue weighted by Gasteiger charge is -2.36. The van der Waals surface area contributed by atoms with Crippen molar-refractivity contribution in [2.45, 2.75) is 31.8 Å². The smallest absolute Gasteiger partial charge is 0.257 e. The van der Waals surface area contributed by atoms with Crippen LogP contribution in [0.3, 0.4) is 0 Å². The Morgan fingerprint density at radius 3 is 2.70 bits per heavy atom. The number of rotatable bonds is 3. The van der Waals surface area contributed by atoms with Gasteiger partial charge < -0.3 is 15.1 Å². The molecule has 1 aromatic heterocycles. The van der Waals surface area contributed by atoms with Crippen molar-refractivity contribution < 1.29 is 13.6 Å². The van der Waals surface area contributed by atoms with Crippen LogP contribution in [0.15, 0.2) is 41.0 Å². The van der Waals surface area contributed by atoms with Crippen molar-refractivity contribution in [3.8, 4) is 0 Å². The summed E-state index contributed by atoms with van der Waals surface area (Å²) >= 11 is 0. The Labute approximate surface area is 140 Å². The molecule has 0 saturated carbocycles. The average molecular weight is 339 g/mol. The molecule has 0 bridgehead atoms. The Hall–Kier alpha value is -1.85. The van der Waals surface area contributed by atoms with Gasteiger partial charge in [-0.1, -0.05) is 12.1 Å². The largest absolute Gasteiger partial charge is 0.467 e. The van der Waals surface area contributed by atoms with Crippen LogP contribution in [0.4, 0.5) is 4.39 Å². The fraction of sp³-hybridized carbons (Fsp3) is 0.353. The number of likely N-dealkylation sites (tertiary alicyclic amines) is 1. The number of hydrogen-bond acceptors (Lipinski definition) is 3. The molecule has 1 unspecified atom stereocenters. The summed E-state index contributed by atoms with van der Waals surface area (Å²) in [7, 11) is 0. The van der Waals surface area contributed by atoms with Gasteiger partial charge in [-0.3, -0.25) is 4.79 Å². The fourth-order valence-corrected chi connectivity index (χ4v) is 2.97. The van der Waals surface area contributed by atoms with Gasteiger partial charge in [0, 0.05) is 6.54 Å². The molecule has 2 aromatic rings. The maximum Gasteiger partial charge on any atom is 0.257 e. The zero-order valence-corrected chi connectivity index (χ0v) is 13.5. The zero-order valence-electron chi connectivity index (χ0n) is 12.7. The number of nitrogens with two attached hydrogens (primary N) is 1. The minimum absolute atomic E-state index is 0. The third-order valence-electron chi connectivity index (χ3n) is 4.12. The minimum atomic E-state index is -0.264. The van der Waals surface area contributed by atoms with Gasteiger partial charge in [0.2, 0.25) is 0 Å². The second-order valence-electron chi connectivity index (χ2n) is 5.57. The standard InChI is InChI=1S/C17H19FN2O2.ClH/c18-14-6-4-12(5-7-14)16-3-1-2-8-20(16)17(21)13-9-15(10-19)22-11-13;/h4-7,9,11,16H,1-3,8,10,19H2;1H. The molecule has 4 nitrogen and oxygen atoms in total. The van der Waals surface area contributed by atoms with E-state index in [9.17, 15) is 9.18 Å². The molecule has 23 heavy (non-hydrogen) atoms. The molecular formula is C17H20ClFN2O2. The van der Waals surface area contributed by atoms with E-state index in [0.717, 1.165) is 24.8 Å². The molecule has 0 aliphatic carbocycles. The first-order chi connectivity index (χ1) is 10.7. The summed E-state index contributed by atoms with van der Waals surface area (Å²) in [5, 5.41) is 0. The Kier molecular flexibility index (Phi) is 5.80. The number of carbonyl (C=O) groups is 1. The van der Waals surface area contributed by atoms with E-state index in [2.05, 4.69) is 0 Å². The highest BCUT2D eigenvalue weighted by Crippen LogP contribution is 2.32. The van der Waals surface area contributed by atoms with Gasteiger partial charge in [-0.2, -0.15) is 0 Å². The van der Waals surface area contributed by atoms with E-state index < -0.39 is 0 Å². The Bertz CT molecular complexity index is 657. The lowest BCUT2D eigenvalue weighted by Crippen LogP contribution is -2.38. The predicted molar refractivity (Wildman–Crippen MR) is 87.9 cm³/mol. The number of halogens is 2. The van der Waals surface area contributed by atoms with Crippen molar-refractivity contribution in [1.29, 1.82) is 0 Å². The fourth-order valence-electron chi connectivity index (χ4n) is 2.97. The number of amides is 1. The van der Waals surface area contributed by atoms with Crippen LogP contribution in [0.5, 0.6) is 0 Å². The van der Waals surface area contributed by atoms with Crippen molar-refractivity contribution in [1.82, 2.24) is 4.90 Å². The van der Waals surface area contributed by atoms with Crippen LogP contribution in [0.1, 0.15) is 47.0 Å². The topological polar surface area (TPSA) is 59.5 Å². The van der Waals surface area contributed by atoms with E-state index in [1.165, 1.54) is 18.4 Å². The van der Waals surface area contributed by atoms with Crippen LogP contribution in [-0.4, -0.2) is 17.4 Å². The van der Waals surface area contributed by atoms with E-state index in [0.29, 0.717) is 17.9 Å². The SMILES string of the molecule is Cl.NCc1cc(C(=O)N2CCCCC2c2ccc(F)cc2)co1. The maximum atomic E-state index is 13.1. The molecular weight excluding hydrogens is 319 g/mol. The lowest BCUT2D eigenvalue weighted by atomic mass is 9.94. The summed E-state index contributed by atoms with van der Waals surface area (Å²) in [6.07, 6.45) is 4.39. The maximum absolute atomic E-state index is 13.1. The lowest BCUT2D eigenvalue weighted by molar-refractivity contribution is 0.0611. The van der Waals surface area contributed by atoms with Crippen LogP contribution >= 0.6 is 12.4 Å². The van der Waals surface area contributed by atoms with Crippen molar-refractivity contribution >= 4 is 18.3 Å². The first kappa shape index (κ1) is 17.5. The highest BCUT2D eigenvalue weighted by molar-refractivity contribution is 5.94. The molecule has 1 aliphatic rings. The molecule has 1 aromatic carbocycles. The number of piperidine rings is 1. The van der Waals surface area contributed by atoms with Crippen molar-refractivity contribution in [3.05, 3.63) is 59.3 Å². The van der Waals surface area contributed by atoms with Crippen molar-refractivity contribution in [3.63, 3.8) is 0 Å². The monoisotopic (exact) mass is 338 g/mol. The van der Waals surface area contributed by atoms with Gasteiger partial charge in [0.15, 0.2) is 0 Å². The van der Waals surface area contributed by atoms with Gasteiger partial charge in [0.1, 0.15) is 17.8 Å². The Morgan fingerprint density at radius 1 is 1.30 bits per heavy atom. The average Bonchev–Trinajstić information content (AvgIpc) is 3.04. The normalized spacial score (nSPS) is 17.7. The van der Waals surface area contributed by atoms with Gasteiger partial charge in [-0.15, -0.1) is 12.4 Å². The molecule has 1 aliphatic heterocycles. The summed E-state index contributed by atoms with van der Waals surface area (Å²) in [6, 6.07) is 8.07. The summed E-state index contributed by atoms with van der Waals surface area (Å²) < 4.78 is 18.4. The second-order valence-corrected chi connectivity index (χ2v) is 5.57. The molecule has 2 heterocycles. The predicted octanol–water partition coefficient (Wildman–Crippen LogP) is 3.67. The molecule has 2 N–H and O–H groups in total. The van der Waals surface area contributed by atoms with Crippen LogP contribution in [0, 0.1) is 5.82 Å². The van der Waals surface area contributed by atoms with E-state index in [1.807, 2.05) is 4.90 Å². The molecule has 1 saturated heterocycles. The highest BCUT2D eigenvalue weighted by atomic mass is 35.5. The first-order valence-corrected chi connectivity index (χ1v) is 7.53. The molecule has 1 atom stereocenters. The molecule has 3 rings (SSSR count). The Balaban J connectivity index is 0.00000192. The van der Waals surface area contributed by atoms with E-state index in [1.54, 1.807) is 18.2 Å². The molecule has 6 heteroatoms. The molecule has 0 spiro atoms. The van der Waals surface area contributed by atoms with Gasteiger partial charge >= 0.3 is 0 Å². The van der Waals surface area contributed by atoms with Gasteiger partial charge in [0.05, 0.1) is 18.2 Å². The minimum Gasteiger partial charge on any atom is -0.467 e. The van der Waals surface area contributed by atoms with Gasteiger partial charge in [-0.05, 0) is 43.0 Å². The number of furan rings is 1. The second kappa shape index (κ2) is 7.62. The molecule has 1 fully saturated rings. The molecule has 1 amide bonds. The number of carbonyl (C=O) groups excluding carboxylic acids is 1. The first-order valence-electron chi connectivity index (χ1n) is 7.53. The van der Waals surface area contributed by atoms with Crippen molar-refractivity contribution in [2.24, 2.45) is 5.73 Å². The van der Waals surface area contributed by atoms with Crippen LogP contribution in [-0.2, 0) is 6.54 Å². The third kappa shape index (κ3) is 3.74. The molecule has 124 valence electrons. The summed E-state index contributed by atoms with van der Waals surface area (Å²) in [5.41, 5.74) is 7.01. The quantitative estimate of drug-likeness (QED) is 0.929. The van der Waals surface area contributed by atoms with E-state index in [4.69, 9.17) is 10.2 Å². The third-order valence-corrected chi connectivity index (χ3v) is 4.12. The summed E-state index contributed by atoms with van der Waals surface area (Å²) in [4.78, 5) is 14.6. The number of hydrogen-bond donors (Lipinski definition) is 1. The number of benzene rings is 1. The van der Waals surface area contributed by atoms with Crippen LogP contribution < -0.4 is 5.73 Å². The highest BCUT2D eigenvalue weighted by Gasteiger charge is 2.29. The van der Waals surface area contributed by atoms with E-state index in [-0.39, 0.29) is 36.7 Å². The summed E-state index contributed by atoms with van der Waals surface area (Å²) in [6.45, 7) is 0.971. The zero-order chi connectivity index (χ0) is 15.5. The number of nitrogens with zero attached hydrogens (tertiary/aromatic N) is 1.